The van der Waals surface area contributed by atoms with Crippen molar-refractivity contribution in [2.24, 2.45) is 0 Å². The first-order chi connectivity index (χ1) is 5.04. The fraction of sp³-hybridized carbons (Fsp3) is 0.857. The first-order valence-electron chi connectivity index (χ1n) is 3.45. The molecule has 4 heteroatoms. The molecule has 0 saturated carbocycles. The molecule has 0 aromatic rings. The van der Waals surface area contributed by atoms with Crippen LogP contribution in [0.1, 0.15) is 6.92 Å². The van der Waals surface area contributed by atoms with Crippen LogP contribution in [0.25, 0.3) is 0 Å². The van der Waals surface area contributed by atoms with E-state index in [0.717, 1.165) is 0 Å². The largest absolute Gasteiger partial charge is 0.388 e. The minimum atomic E-state index is -1.33. The first-order valence-corrected chi connectivity index (χ1v) is 3.45. The Kier molecular flexibility index (Phi) is 2.47. The van der Waals surface area contributed by atoms with Gasteiger partial charge in [-0.3, -0.25) is 0 Å². The summed E-state index contributed by atoms with van der Waals surface area (Å²) >= 11 is 0. The molecule has 1 fully saturated rings. The van der Waals surface area contributed by atoms with Gasteiger partial charge in [0, 0.05) is 0 Å². The van der Waals surface area contributed by atoms with Crippen molar-refractivity contribution >= 4 is 0 Å². The lowest BCUT2D eigenvalue weighted by Crippen LogP contribution is -2.35. The summed E-state index contributed by atoms with van der Waals surface area (Å²) in [6.45, 7) is 6.45. The van der Waals surface area contributed by atoms with Crippen molar-refractivity contribution in [3.63, 3.8) is 0 Å². The van der Waals surface area contributed by atoms with E-state index in [2.05, 4.69) is 0 Å². The van der Waals surface area contributed by atoms with Gasteiger partial charge in [-0.25, -0.2) is 4.39 Å². The zero-order valence-corrected chi connectivity index (χ0v) is 6.14. The molecule has 11 heavy (non-hydrogen) atoms. The second-order valence-electron chi connectivity index (χ2n) is 2.72. The molecule has 1 aliphatic rings. The quantitative estimate of drug-likeness (QED) is 0.548. The molecule has 0 amide bonds. The summed E-state index contributed by atoms with van der Waals surface area (Å²) < 4.78 is 17.3. The molecule has 1 rings (SSSR count). The molecule has 1 aliphatic heterocycles. The highest BCUT2D eigenvalue weighted by Crippen LogP contribution is 2.24. The number of aliphatic hydroxyl groups excluding tert-OH is 2. The van der Waals surface area contributed by atoms with Crippen LogP contribution in [0.4, 0.5) is 4.39 Å². The molecular formula is C7H11FO3. The summed E-state index contributed by atoms with van der Waals surface area (Å²) in [5.41, 5.74) is 0. The number of halogens is 1. The molecule has 3 nitrogen and oxygen atoms in total. The Morgan fingerprint density at radius 3 is 2.18 bits per heavy atom. The van der Waals surface area contributed by atoms with Crippen LogP contribution in [0.15, 0.2) is 0 Å². The van der Waals surface area contributed by atoms with Gasteiger partial charge in [0.15, 0.2) is 0 Å². The Balaban J connectivity index is 2.59. The molecule has 2 N–H and O–H groups in total. The standard InChI is InChI=1S/C7H11FO3/c1-3(8)7-6(10)5(9)4(2)11-7/h2-7,9-10H,1H3/t3-,4+,5?,6-,7+/m1/s1. The van der Waals surface area contributed by atoms with Gasteiger partial charge in [-0.2, -0.15) is 0 Å². The number of hydrogen-bond acceptors (Lipinski definition) is 3. The summed E-state index contributed by atoms with van der Waals surface area (Å²) in [6, 6.07) is 0. The molecular weight excluding hydrogens is 151 g/mol. The third-order valence-corrected chi connectivity index (χ3v) is 1.79. The van der Waals surface area contributed by atoms with Crippen molar-refractivity contribution in [2.45, 2.75) is 37.5 Å². The number of rotatable bonds is 1. The lowest BCUT2D eigenvalue weighted by Gasteiger charge is -2.14. The minimum Gasteiger partial charge on any atom is -0.388 e. The average Bonchev–Trinajstić information content (AvgIpc) is 2.17. The summed E-state index contributed by atoms with van der Waals surface area (Å²) in [5, 5.41) is 18.1. The molecule has 64 valence electrons. The van der Waals surface area contributed by atoms with Crippen LogP contribution in [-0.4, -0.2) is 40.8 Å². The van der Waals surface area contributed by atoms with E-state index in [1.54, 1.807) is 0 Å². The van der Waals surface area contributed by atoms with Crippen molar-refractivity contribution in [1.29, 1.82) is 0 Å². The van der Waals surface area contributed by atoms with Crippen LogP contribution in [0, 0.1) is 6.92 Å². The van der Waals surface area contributed by atoms with Crippen LogP contribution in [-0.2, 0) is 4.74 Å². The fourth-order valence-electron chi connectivity index (χ4n) is 1.11. The molecule has 2 radical (unpaired) electrons. The smallest absolute Gasteiger partial charge is 0.126 e. The summed E-state index contributed by atoms with van der Waals surface area (Å²) in [4.78, 5) is 0. The Bertz CT molecular complexity index is 140. The van der Waals surface area contributed by atoms with E-state index in [1.807, 2.05) is 0 Å². The van der Waals surface area contributed by atoms with Crippen molar-refractivity contribution in [3.8, 4) is 0 Å². The van der Waals surface area contributed by atoms with Gasteiger partial charge < -0.3 is 14.9 Å². The third-order valence-electron chi connectivity index (χ3n) is 1.79. The molecule has 1 unspecified atom stereocenters. The highest BCUT2D eigenvalue weighted by atomic mass is 19.1. The lowest BCUT2D eigenvalue weighted by atomic mass is 10.1. The molecule has 0 aromatic carbocycles. The molecule has 0 aromatic heterocycles. The zero-order valence-electron chi connectivity index (χ0n) is 6.14. The molecule has 0 spiro atoms. The average molecular weight is 162 g/mol. The number of ether oxygens (including phenoxy) is 1. The normalized spacial score (nSPS) is 47.7. The molecule has 0 bridgehead atoms. The van der Waals surface area contributed by atoms with Crippen LogP contribution in [0.5, 0.6) is 0 Å². The maximum atomic E-state index is 12.6. The monoisotopic (exact) mass is 162 g/mol. The van der Waals surface area contributed by atoms with Gasteiger partial charge in [0.1, 0.15) is 24.5 Å². The maximum Gasteiger partial charge on any atom is 0.126 e. The third kappa shape index (κ3) is 1.52. The van der Waals surface area contributed by atoms with Crippen LogP contribution < -0.4 is 0 Å². The highest BCUT2D eigenvalue weighted by molar-refractivity contribution is 4.93. The van der Waals surface area contributed by atoms with Gasteiger partial charge >= 0.3 is 0 Å². The summed E-state index contributed by atoms with van der Waals surface area (Å²) in [6.07, 6.45) is -5.70. The summed E-state index contributed by atoms with van der Waals surface area (Å²) in [7, 11) is 0. The number of hydrogen-bond donors (Lipinski definition) is 2. The van der Waals surface area contributed by atoms with E-state index in [-0.39, 0.29) is 0 Å². The minimum absolute atomic E-state index is 0.979. The van der Waals surface area contributed by atoms with Gasteiger partial charge in [0.2, 0.25) is 0 Å². The van der Waals surface area contributed by atoms with Crippen molar-refractivity contribution < 1.29 is 19.3 Å². The lowest BCUT2D eigenvalue weighted by molar-refractivity contribution is -0.0220. The van der Waals surface area contributed by atoms with Gasteiger partial charge in [0.25, 0.3) is 0 Å². The fourth-order valence-corrected chi connectivity index (χ4v) is 1.11. The van der Waals surface area contributed by atoms with E-state index in [9.17, 15) is 4.39 Å². The first kappa shape index (κ1) is 8.90. The van der Waals surface area contributed by atoms with E-state index in [0.29, 0.717) is 0 Å². The van der Waals surface area contributed by atoms with Crippen LogP contribution >= 0.6 is 0 Å². The molecule has 1 heterocycles. The van der Waals surface area contributed by atoms with Gasteiger partial charge in [-0.05, 0) is 13.8 Å². The predicted octanol–water partition coefficient (Wildman–Crippen LogP) is -0.455. The SMILES string of the molecule is [CH][C@@H]1O[C@@H]([C@@H](C)F)[C@H](O)C1O. The van der Waals surface area contributed by atoms with E-state index in [1.165, 1.54) is 6.92 Å². The Hall–Kier alpha value is -0.190. The number of aliphatic hydroxyl groups is 2. The van der Waals surface area contributed by atoms with Gasteiger partial charge in [0.05, 0.1) is 6.10 Å². The zero-order chi connectivity index (χ0) is 8.59. The van der Waals surface area contributed by atoms with E-state index in [4.69, 9.17) is 21.9 Å². The van der Waals surface area contributed by atoms with Crippen molar-refractivity contribution in [3.05, 3.63) is 6.92 Å². The summed E-state index contributed by atoms with van der Waals surface area (Å²) in [5.74, 6) is 0. The van der Waals surface area contributed by atoms with Crippen LogP contribution in [0.3, 0.4) is 0 Å². The van der Waals surface area contributed by atoms with E-state index >= 15 is 0 Å². The maximum absolute atomic E-state index is 12.6. The molecule has 0 aliphatic carbocycles. The second kappa shape index (κ2) is 3.05. The predicted molar refractivity (Wildman–Crippen MR) is 35.5 cm³/mol. The molecule has 1 saturated heterocycles. The van der Waals surface area contributed by atoms with Gasteiger partial charge in [-0.15, -0.1) is 0 Å². The highest BCUT2D eigenvalue weighted by Gasteiger charge is 2.43. The van der Waals surface area contributed by atoms with Gasteiger partial charge in [-0.1, -0.05) is 0 Å². The Morgan fingerprint density at radius 1 is 1.45 bits per heavy atom. The topological polar surface area (TPSA) is 49.7 Å². The molecule has 5 atom stereocenters. The van der Waals surface area contributed by atoms with Crippen molar-refractivity contribution in [1.82, 2.24) is 0 Å². The second-order valence-corrected chi connectivity index (χ2v) is 2.72. The van der Waals surface area contributed by atoms with E-state index < -0.39 is 30.6 Å². The van der Waals surface area contributed by atoms with Crippen LogP contribution in [0.2, 0.25) is 0 Å². The number of alkyl halides is 1. The Morgan fingerprint density at radius 2 is 2.00 bits per heavy atom. The Labute approximate surface area is 64.8 Å². The van der Waals surface area contributed by atoms with Crippen molar-refractivity contribution in [2.75, 3.05) is 0 Å².